The zero-order valence-electron chi connectivity index (χ0n) is 15.0. The van der Waals surface area contributed by atoms with Gasteiger partial charge in [0.15, 0.2) is 0 Å². The Kier molecular flexibility index (Phi) is 5.47. The number of ether oxygens (including phenoxy) is 2. The van der Waals surface area contributed by atoms with E-state index in [-0.39, 0.29) is 5.91 Å². The Bertz CT molecular complexity index is 833. The molecule has 3 rings (SSSR count). The summed E-state index contributed by atoms with van der Waals surface area (Å²) in [5, 5.41) is 0.570. The molecule has 0 saturated heterocycles. The fourth-order valence-electron chi connectivity index (χ4n) is 2.99. The fraction of sp³-hybridized carbons (Fsp3) is 0.300. The van der Waals surface area contributed by atoms with Crippen molar-refractivity contribution in [3.05, 3.63) is 58.6 Å². The topological polar surface area (TPSA) is 51.1 Å². The standard InChI is InChI=1S/C20H21ClN2O3/c1-4-17-20(24)23(12-13-5-8-15(25-2)9-6-13)18-10-7-14(21)11-16(18)19(22-17)26-3/h5-11,17H,4,12H2,1-3H3. The Labute approximate surface area is 158 Å². The number of aliphatic imine (C=N–C) groups is 1. The molecule has 1 amide bonds. The van der Waals surface area contributed by atoms with Gasteiger partial charge in [0, 0.05) is 5.02 Å². The van der Waals surface area contributed by atoms with Crippen molar-refractivity contribution >= 4 is 29.1 Å². The van der Waals surface area contributed by atoms with Crippen molar-refractivity contribution in [3.8, 4) is 5.75 Å². The molecule has 0 spiro atoms. The number of amides is 1. The largest absolute Gasteiger partial charge is 0.497 e. The summed E-state index contributed by atoms with van der Waals surface area (Å²) in [4.78, 5) is 19.4. The Morgan fingerprint density at radius 3 is 2.46 bits per heavy atom. The maximum atomic E-state index is 13.1. The number of benzene rings is 2. The lowest BCUT2D eigenvalue weighted by Gasteiger charge is -2.25. The lowest BCUT2D eigenvalue weighted by atomic mass is 10.1. The van der Waals surface area contributed by atoms with Crippen LogP contribution in [0.3, 0.4) is 0 Å². The van der Waals surface area contributed by atoms with E-state index in [1.54, 1.807) is 31.3 Å². The lowest BCUT2D eigenvalue weighted by molar-refractivity contribution is -0.119. The Hall–Kier alpha value is -2.53. The van der Waals surface area contributed by atoms with Crippen molar-refractivity contribution in [2.75, 3.05) is 19.1 Å². The molecule has 1 atom stereocenters. The third kappa shape index (κ3) is 3.53. The van der Waals surface area contributed by atoms with E-state index in [1.165, 1.54) is 0 Å². The minimum atomic E-state index is -0.491. The Morgan fingerprint density at radius 2 is 1.85 bits per heavy atom. The maximum Gasteiger partial charge on any atom is 0.252 e. The SMILES string of the molecule is CCC1N=C(OC)c2cc(Cl)ccc2N(Cc2ccc(OC)cc2)C1=O. The highest BCUT2D eigenvalue weighted by atomic mass is 35.5. The number of carbonyl (C=O) groups excluding carboxylic acids is 1. The van der Waals surface area contributed by atoms with Gasteiger partial charge in [-0.3, -0.25) is 4.79 Å². The van der Waals surface area contributed by atoms with E-state index in [9.17, 15) is 4.79 Å². The smallest absolute Gasteiger partial charge is 0.252 e. The minimum absolute atomic E-state index is 0.0565. The molecule has 5 nitrogen and oxygen atoms in total. The van der Waals surface area contributed by atoms with Gasteiger partial charge in [-0.15, -0.1) is 0 Å². The molecule has 0 aliphatic carbocycles. The van der Waals surface area contributed by atoms with Crippen LogP contribution in [0.2, 0.25) is 5.02 Å². The van der Waals surface area contributed by atoms with E-state index in [0.717, 1.165) is 22.6 Å². The van der Waals surface area contributed by atoms with Crippen LogP contribution in [0.15, 0.2) is 47.5 Å². The third-order valence-corrected chi connectivity index (χ3v) is 4.62. The fourth-order valence-corrected chi connectivity index (χ4v) is 3.16. The first-order valence-corrected chi connectivity index (χ1v) is 8.81. The highest BCUT2D eigenvalue weighted by Gasteiger charge is 2.31. The minimum Gasteiger partial charge on any atom is -0.497 e. The summed E-state index contributed by atoms with van der Waals surface area (Å²) in [5.74, 6) is 1.15. The van der Waals surface area contributed by atoms with Crippen LogP contribution in [0.1, 0.15) is 24.5 Å². The second-order valence-electron chi connectivity index (χ2n) is 6.00. The average molecular weight is 373 g/mol. The highest BCUT2D eigenvalue weighted by molar-refractivity contribution is 6.31. The van der Waals surface area contributed by atoms with Crippen LogP contribution in [0.25, 0.3) is 0 Å². The van der Waals surface area contributed by atoms with E-state index in [2.05, 4.69) is 4.99 Å². The van der Waals surface area contributed by atoms with Crippen LogP contribution in [0.4, 0.5) is 5.69 Å². The van der Waals surface area contributed by atoms with Crippen LogP contribution < -0.4 is 9.64 Å². The van der Waals surface area contributed by atoms with Crippen molar-refractivity contribution in [2.24, 2.45) is 4.99 Å². The van der Waals surface area contributed by atoms with Gasteiger partial charge in [0.25, 0.3) is 5.91 Å². The van der Waals surface area contributed by atoms with Gasteiger partial charge in [-0.05, 0) is 42.3 Å². The van der Waals surface area contributed by atoms with Crippen LogP contribution in [0, 0.1) is 0 Å². The van der Waals surface area contributed by atoms with Gasteiger partial charge in [-0.25, -0.2) is 4.99 Å². The first-order chi connectivity index (χ1) is 12.6. The molecule has 0 bridgehead atoms. The van der Waals surface area contributed by atoms with Gasteiger partial charge in [0.05, 0.1) is 32.0 Å². The average Bonchev–Trinajstić information content (AvgIpc) is 2.77. The number of fused-ring (bicyclic) bond motifs is 1. The predicted octanol–water partition coefficient (Wildman–Crippen LogP) is 4.07. The number of hydrogen-bond donors (Lipinski definition) is 0. The van der Waals surface area contributed by atoms with E-state index >= 15 is 0 Å². The first kappa shape index (κ1) is 18.3. The number of rotatable bonds is 4. The summed E-state index contributed by atoms with van der Waals surface area (Å²) in [6, 6.07) is 12.6. The van der Waals surface area contributed by atoms with E-state index < -0.39 is 6.04 Å². The van der Waals surface area contributed by atoms with Crippen LogP contribution >= 0.6 is 11.6 Å². The second kappa shape index (κ2) is 7.79. The van der Waals surface area contributed by atoms with E-state index in [1.807, 2.05) is 37.3 Å². The van der Waals surface area contributed by atoms with E-state index in [4.69, 9.17) is 21.1 Å². The van der Waals surface area contributed by atoms with Crippen LogP contribution in [-0.4, -0.2) is 32.1 Å². The van der Waals surface area contributed by atoms with Crippen molar-refractivity contribution in [2.45, 2.75) is 25.9 Å². The van der Waals surface area contributed by atoms with Gasteiger partial charge in [0.2, 0.25) is 5.90 Å². The van der Waals surface area contributed by atoms with Gasteiger partial charge >= 0.3 is 0 Å². The number of nitrogens with zero attached hydrogens (tertiary/aromatic N) is 2. The molecule has 26 heavy (non-hydrogen) atoms. The van der Waals surface area contributed by atoms with Crippen LogP contribution in [-0.2, 0) is 16.1 Å². The molecule has 1 aliphatic heterocycles. The molecular weight excluding hydrogens is 352 g/mol. The molecule has 2 aromatic rings. The Balaban J connectivity index is 2.05. The number of benzodiazepines with no additional fused rings is 1. The molecule has 1 unspecified atom stereocenters. The monoisotopic (exact) mass is 372 g/mol. The molecule has 0 radical (unpaired) electrons. The second-order valence-corrected chi connectivity index (χ2v) is 6.43. The molecule has 0 fully saturated rings. The van der Waals surface area contributed by atoms with Gasteiger partial charge in [0.1, 0.15) is 11.8 Å². The number of carbonyl (C=O) groups is 1. The normalized spacial score (nSPS) is 16.6. The number of halogens is 1. The molecule has 6 heteroatoms. The van der Waals surface area contributed by atoms with Gasteiger partial charge in [-0.2, -0.15) is 0 Å². The Morgan fingerprint density at radius 1 is 1.12 bits per heavy atom. The lowest BCUT2D eigenvalue weighted by Crippen LogP contribution is -2.37. The molecule has 0 saturated carbocycles. The zero-order chi connectivity index (χ0) is 18.7. The number of hydrogen-bond acceptors (Lipinski definition) is 4. The van der Waals surface area contributed by atoms with Gasteiger partial charge < -0.3 is 14.4 Å². The summed E-state index contributed by atoms with van der Waals surface area (Å²) >= 11 is 6.17. The van der Waals surface area contributed by atoms with E-state index in [0.29, 0.717) is 23.9 Å². The summed E-state index contributed by atoms with van der Waals surface area (Å²) in [7, 11) is 3.18. The summed E-state index contributed by atoms with van der Waals surface area (Å²) in [5.41, 5.74) is 2.46. The molecular formula is C20H21ClN2O3. The molecule has 0 N–H and O–H groups in total. The van der Waals surface area contributed by atoms with Crippen molar-refractivity contribution in [1.29, 1.82) is 0 Å². The summed E-state index contributed by atoms with van der Waals surface area (Å²) in [6.07, 6.45) is 0.590. The first-order valence-electron chi connectivity index (χ1n) is 8.43. The van der Waals surface area contributed by atoms with Crippen LogP contribution in [0.5, 0.6) is 5.75 Å². The molecule has 1 heterocycles. The zero-order valence-corrected chi connectivity index (χ0v) is 15.8. The van der Waals surface area contributed by atoms with Crippen molar-refractivity contribution < 1.29 is 14.3 Å². The van der Waals surface area contributed by atoms with Crippen molar-refractivity contribution in [1.82, 2.24) is 0 Å². The highest BCUT2D eigenvalue weighted by Crippen LogP contribution is 2.31. The number of anilines is 1. The molecule has 136 valence electrons. The van der Waals surface area contributed by atoms with Crippen molar-refractivity contribution in [3.63, 3.8) is 0 Å². The number of methoxy groups -OCH3 is 2. The quantitative estimate of drug-likeness (QED) is 0.813. The van der Waals surface area contributed by atoms with Gasteiger partial charge in [-0.1, -0.05) is 30.7 Å². The molecule has 1 aliphatic rings. The third-order valence-electron chi connectivity index (χ3n) is 4.38. The summed E-state index contributed by atoms with van der Waals surface area (Å²) in [6.45, 7) is 2.37. The summed E-state index contributed by atoms with van der Waals surface area (Å²) < 4.78 is 10.7. The molecule has 0 aromatic heterocycles. The maximum absolute atomic E-state index is 13.1. The molecule has 2 aromatic carbocycles. The predicted molar refractivity (Wildman–Crippen MR) is 103 cm³/mol.